The topological polar surface area (TPSA) is 30.0 Å². The number of hydrogen-bond donors (Lipinski definition) is 0. The van der Waals surface area contributed by atoms with E-state index in [4.69, 9.17) is 0 Å². The summed E-state index contributed by atoms with van der Waals surface area (Å²) in [5.41, 5.74) is 0. The first-order valence-electron chi connectivity index (χ1n) is 4.96. The van der Waals surface area contributed by atoms with Crippen LogP contribution in [-0.4, -0.2) is 29.6 Å². The zero-order valence-electron chi connectivity index (χ0n) is 9.45. The fourth-order valence-corrected chi connectivity index (χ4v) is 1.73. The third-order valence-corrected chi connectivity index (χ3v) is 2.12. The van der Waals surface area contributed by atoms with Crippen molar-refractivity contribution in [3.05, 3.63) is 37.6 Å². The minimum absolute atomic E-state index is 0. The molecule has 0 aromatic carbocycles. The predicted octanol–water partition coefficient (Wildman–Crippen LogP) is 2.94. The molecule has 0 saturated carbocycles. The molecule has 0 aromatic rings. The smallest absolute Gasteiger partial charge is 0.102 e. The molecule has 0 radical (unpaired) electrons. The fourth-order valence-electron chi connectivity index (χ4n) is 1.73. The Morgan fingerprint density at radius 1 is 1.14 bits per heavy atom. The van der Waals surface area contributed by atoms with E-state index in [9.17, 15) is 0 Å². The van der Waals surface area contributed by atoms with Gasteiger partial charge in [-0.1, -0.05) is 20.1 Å². The van der Waals surface area contributed by atoms with Gasteiger partial charge < -0.3 is 5.48 Å². The van der Waals surface area contributed by atoms with Crippen molar-refractivity contribution in [3.8, 4) is 0 Å². The van der Waals surface area contributed by atoms with Gasteiger partial charge in [0.15, 0.2) is 0 Å². The van der Waals surface area contributed by atoms with E-state index in [0.717, 1.165) is 24.1 Å². The molecule has 14 heavy (non-hydrogen) atoms. The lowest BCUT2D eigenvalue weighted by Crippen LogP contribution is -2.43. The van der Waals surface area contributed by atoms with Crippen LogP contribution in [0.25, 0.3) is 0 Å². The van der Waals surface area contributed by atoms with Crippen molar-refractivity contribution >= 4 is 0 Å². The Bertz CT molecular complexity index is 175. The second kappa shape index (κ2) is 8.73. The van der Waals surface area contributed by atoms with E-state index >= 15 is 0 Å². The van der Waals surface area contributed by atoms with Crippen LogP contribution in [0.3, 0.4) is 0 Å². The van der Waals surface area contributed by atoms with Crippen LogP contribution in [0, 0.1) is 0 Å². The number of hydrogen-bond acceptors (Lipinski definition) is 1. The summed E-state index contributed by atoms with van der Waals surface area (Å²) >= 11 is 0. The number of quaternary nitrogens is 1. The van der Waals surface area contributed by atoms with E-state index in [0.29, 0.717) is 0 Å². The van der Waals surface area contributed by atoms with Crippen molar-refractivity contribution in [3.63, 3.8) is 0 Å². The van der Waals surface area contributed by atoms with Crippen molar-refractivity contribution < 1.29 is 9.96 Å². The van der Waals surface area contributed by atoms with Gasteiger partial charge in [-0.2, -0.15) is 0 Å². The van der Waals surface area contributed by atoms with Gasteiger partial charge in [-0.15, -0.1) is 0 Å². The molecule has 0 rings (SSSR count). The summed E-state index contributed by atoms with van der Waals surface area (Å²) in [7, 11) is 0. The first kappa shape index (κ1) is 15.6. The molecular formula is C12H23NO. The van der Waals surface area contributed by atoms with Crippen LogP contribution in [0.2, 0.25) is 0 Å². The van der Waals surface area contributed by atoms with Gasteiger partial charge in [0.25, 0.3) is 0 Å². The summed E-state index contributed by atoms with van der Waals surface area (Å²) in [4.78, 5) is 0. The van der Waals surface area contributed by atoms with Crippen LogP contribution in [0.1, 0.15) is 20.3 Å². The first-order chi connectivity index (χ1) is 6.24. The van der Waals surface area contributed by atoms with Gasteiger partial charge in [-0.25, -0.2) is 0 Å². The van der Waals surface area contributed by atoms with Crippen molar-refractivity contribution in [1.29, 1.82) is 0 Å². The van der Waals surface area contributed by atoms with E-state index in [1.54, 1.807) is 0 Å². The maximum atomic E-state index is 3.81. The van der Waals surface area contributed by atoms with Crippen LogP contribution in [0.5, 0.6) is 0 Å². The van der Waals surface area contributed by atoms with Gasteiger partial charge in [-0.3, -0.25) is 4.48 Å². The summed E-state index contributed by atoms with van der Waals surface area (Å²) in [6.45, 7) is 15.0. The molecule has 0 aliphatic carbocycles. The highest BCUT2D eigenvalue weighted by molar-refractivity contribution is 4.78. The molecule has 2 nitrogen and oxygen atoms in total. The third kappa shape index (κ3) is 5.00. The van der Waals surface area contributed by atoms with E-state index < -0.39 is 0 Å². The van der Waals surface area contributed by atoms with Crippen LogP contribution in [0.15, 0.2) is 37.6 Å². The summed E-state index contributed by atoms with van der Waals surface area (Å²) in [6.07, 6.45) is 9.51. The minimum Gasteiger partial charge on any atom is -0.870 e. The van der Waals surface area contributed by atoms with Crippen molar-refractivity contribution in [2.24, 2.45) is 0 Å². The van der Waals surface area contributed by atoms with Crippen LogP contribution >= 0.6 is 0 Å². The maximum absolute atomic E-state index is 3.81. The van der Waals surface area contributed by atoms with E-state index in [1.807, 2.05) is 12.2 Å². The lowest BCUT2D eigenvalue weighted by molar-refractivity contribution is -0.867. The Morgan fingerprint density at radius 2 is 1.64 bits per heavy atom. The molecule has 0 atom stereocenters. The second-order valence-electron chi connectivity index (χ2n) is 3.37. The van der Waals surface area contributed by atoms with Crippen molar-refractivity contribution in [2.45, 2.75) is 20.3 Å². The van der Waals surface area contributed by atoms with Crippen molar-refractivity contribution in [1.82, 2.24) is 0 Å². The molecule has 82 valence electrons. The molecule has 0 bridgehead atoms. The summed E-state index contributed by atoms with van der Waals surface area (Å²) in [5.74, 6) is 0. The molecule has 0 amide bonds. The normalized spacial score (nSPS) is 11.0. The van der Waals surface area contributed by atoms with Crippen LogP contribution < -0.4 is 0 Å². The van der Waals surface area contributed by atoms with Crippen LogP contribution in [-0.2, 0) is 0 Å². The highest BCUT2D eigenvalue weighted by Gasteiger charge is 2.19. The molecule has 1 N–H and O–H groups in total. The summed E-state index contributed by atoms with van der Waals surface area (Å²) in [6, 6.07) is 0. The molecule has 0 heterocycles. The Kier molecular flexibility index (Phi) is 9.73. The highest BCUT2D eigenvalue weighted by Crippen LogP contribution is 2.10. The second-order valence-corrected chi connectivity index (χ2v) is 3.37. The van der Waals surface area contributed by atoms with Gasteiger partial charge in [-0.05, 0) is 31.6 Å². The standard InChI is InChI=1S/C12H22N.H2O/c1-5-9-13(10-6-2,11-7-3)12-8-4;/h5-7,11H,1-2,8-10,12H2,3-4H3;1H2/q+1;/p-1. The molecule has 0 fully saturated rings. The molecular weight excluding hydrogens is 174 g/mol. The van der Waals surface area contributed by atoms with Crippen molar-refractivity contribution in [2.75, 3.05) is 19.6 Å². The SMILES string of the molecule is C=CC[N+](C=CC)(CC=C)CCC.[OH-]. The molecule has 0 spiro atoms. The number of rotatable bonds is 7. The van der Waals surface area contributed by atoms with E-state index in [2.05, 4.69) is 39.3 Å². The first-order valence-corrected chi connectivity index (χ1v) is 4.96. The largest absolute Gasteiger partial charge is 0.870 e. The summed E-state index contributed by atoms with van der Waals surface area (Å²) in [5, 5.41) is 0. The zero-order valence-corrected chi connectivity index (χ0v) is 9.45. The van der Waals surface area contributed by atoms with Gasteiger partial charge >= 0.3 is 0 Å². The predicted molar refractivity (Wildman–Crippen MR) is 62.3 cm³/mol. The monoisotopic (exact) mass is 197 g/mol. The Morgan fingerprint density at radius 3 is 1.93 bits per heavy atom. The lowest BCUT2D eigenvalue weighted by Gasteiger charge is -2.32. The Hall–Kier alpha value is -0.860. The minimum atomic E-state index is 0. The van der Waals surface area contributed by atoms with E-state index in [-0.39, 0.29) is 5.48 Å². The highest BCUT2D eigenvalue weighted by atomic mass is 16.0. The van der Waals surface area contributed by atoms with Gasteiger partial charge in [0.05, 0.1) is 12.7 Å². The molecule has 0 aromatic heterocycles. The Labute approximate surface area is 88.1 Å². The van der Waals surface area contributed by atoms with Gasteiger partial charge in [0.2, 0.25) is 0 Å². The molecule has 0 unspecified atom stereocenters. The Balaban J connectivity index is 0. The molecule has 2 heteroatoms. The zero-order chi connectivity index (χ0) is 10.2. The van der Waals surface area contributed by atoms with Gasteiger partial charge in [0.1, 0.15) is 13.1 Å². The average Bonchev–Trinajstić information content (AvgIpc) is 2.06. The maximum Gasteiger partial charge on any atom is 0.102 e. The number of nitrogens with zero attached hydrogens (tertiary/aromatic N) is 1. The lowest BCUT2D eigenvalue weighted by atomic mass is 10.3. The molecule has 0 saturated heterocycles. The summed E-state index contributed by atoms with van der Waals surface area (Å²) < 4.78 is 0.958. The molecule has 0 aliphatic rings. The fraction of sp³-hybridized carbons (Fsp3) is 0.500. The number of allylic oxidation sites excluding steroid dienone is 1. The quantitative estimate of drug-likeness (QED) is 0.456. The molecule has 0 aliphatic heterocycles. The van der Waals surface area contributed by atoms with Crippen LogP contribution in [0.4, 0.5) is 0 Å². The average molecular weight is 197 g/mol. The van der Waals surface area contributed by atoms with E-state index in [1.165, 1.54) is 6.42 Å². The van der Waals surface area contributed by atoms with Gasteiger partial charge in [0, 0.05) is 0 Å². The third-order valence-electron chi connectivity index (χ3n) is 2.12.